The fourth-order valence-corrected chi connectivity index (χ4v) is 3.80. The molecule has 0 aromatic heterocycles. The highest BCUT2D eigenvalue weighted by molar-refractivity contribution is 5.91. The number of carbonyl (C=O) groups is 1. The molecule has 130 valence electrons. The van der Waals surface area contributed by atoms with Gasteiger partial charge in [-0.15, -0.1) is 0 Å². The zero-order valence-electron chi connectivity index (χ0n) is 13.8. The standard InChI is InChI=1S/C20H20FNO3/c21-15-6-7-18-17(10-15)20(8-9-22-19(20)23)11-16(25-18)13-24-12-14-4-2-1-3-5-14/h1-7,10,16H,8-9,11-13H2,(H,22,23). The van der Waals surface area contributed by atoms with Crippen molar-refractivity contribution in [3.05, 3.63) is 65.5 Å². The molecule has 1 N–H and O–H groups in total. The molecule has 2 aliphatic heterocycles. The summed E-state index contributed by atoms with van der Waals surface area (Å²) in [4.78, 5) is 12.5. The van der Waals surface area contributed by atoms with E-state index in [0.29, 0.717) is 43.9 Å². The average molecular weight is 341 g/mol. The van der Waals surface area contributed by atoms with Gasteiger partial charge in [0.05, 0.1) is 18.6 Å². The van der Waals surface area contributed by atoms with Crippen LogP contribution in [-0.2, 0) is 21.6 Å². The van der Waals surface area contributed by atoms with Gasteiger partial charge in [0.2, 0.25) is 5.91 Å². The first-order valence-corrected chi connectivity index (χ1v) is 8.54. The maximum atomic E-state index is 13.7. The molecule has 2 aromatic carbocycles. The van der Waals surface area contributed by atoms with Crippen molar-refractivity contribution < 1.29 is 18.7 Å². The van der Waals surface area contributed by atoms with Crippen LogP contribution >= 0.6 is 0 Å². The lowest BCUT2D eigenvalue weighted by molar-refractivity contribution is -0.126. The van der Waals surface area contributed by atoms with Gasteiger partial charge in [-0.05, 0) is 30.2 Å². The number of carbonyl (C=O) groups excluding carboxylic acids is 1. The van der Waals surface area contributed by atoms with E-state index in [1.165, 1.54) is 12.1 Å². The predicted molar refractivity (Wildman–Crippen MR) is 90.8 cm³/mol. The van der Waals surface area contributed by atoms with Gasteiger partial charge in [-0.3, -0.25) is 4.79 Å². The van der Waals surface area contributed by atoms with E-state index in [2.05, 4.69) is 5.32 Å². The first-order valence-electron chi connectivity index (χ1n) is 8.54. The van der Waals surface area contributed by atoms with E-state index in [-0.39, 0.29) is 17.8 Å². The number of nitrogens with one attached hydrogen (secondary N) is 1. The van der Waals surface area contributed by atoms with Crippen LogP contribution in [0.25, 0.3) is 0 Å². The largest absolute Gasteiger partial charge is 0.488 e. The smallest absolute Gasteiger partial charge is 0.231 e. The van der Waals surface area contributed by atoms with Gasteiger partial charge in [-0.1, -0.05) is 30.3 Å². The summed E-state index contributed by atoms with van der Waals surface area (Å²) in [6.07, 6.45) is 0.927. The zero-order chi connectivity index (χ0) is 17.3. The van der Waals surface area contributed by atoms with Crippen molar-refractivity contribution in [2.24, 2.45) is 0 Å². The number of amides is 1. The van der Waals surface area contributed by atoms with Crippen LogP contribution in [0.1, 0.15) is 24.0 Å². The fraction of sp³-hybridized carbons (Fsp3) is 0.350. The maximum absolute atomic E-state index is 13.7. The summed E-state index contributed by atoms with van der Waals surface area (Å²) in [7, 11) is 0. The van der Waals surface area contributed by atoms with Crippen molar-refractivity contribution >= 4 is 5.91 Å². The van der Waals surface area contributed by atoms with Gasteiger partial charge in [-0.25, -0.2) is 4.39 Å². The summed E-state index contributed by atoms with van der Waals surface area (Å²) in [6, 6.07) is 14.3. The minimum atomic E-state index is -0.712. The van der Waals surface area contributed by atoms with E-state index >= 15 is 0 Å². The highest BCUT2D eigenvalue weighted by Gasteiger charge is 2.50. The molecule has 5 heteroatoms. The van der Waals surface area contributed by atoms with Crippen LogP contribution < -0.4 is 10.1 Å². The van der Waals surface area contributed by atoms with E-state index in [9.17, 15) is 9.18 Å². The summed E-state index contributed by atoms with van der Waals surface area (Å²) < 4.78 is 25.5. The van der Waals surface area contributed by atoms with Gasteiger partial charge < -0.3 is 14.8 Å². The van der Waals surface area contributed by atoms with Crippen molar-refractivity contribution in [3.63, 3.8) is 0 Å². The third kappa shape index (κ3) is 3.00. The number of hydrogen-bond acceptors (Lipinski definition) is 3. The minimum Gasteiger partial charge on any atom is -0.488 e. The molecule has 0 bridgehead atoms. The Bertz CT molecular complexity index is 780. The highest BCUT2D eigenvalue weighted by atomic mass is 19.1. The number of hydrogen-bond donors (Lipinski definition) is 1. The number of fused-ring (bicyclic) bond motifs is 2. The second-order valence-corrected chi connectivity index (χ2v) is 6.67. The molecule has 1 fully saturated rings. The average Bonchev–Trinajstić information content (AvgIpc) is 2.98. The van der Waals surface area contributed by atoms with Gasteiger partial charge in [0, 0.05) is 18.5 Å². The first-order chi connectivity index (χ1) is 12.2. The van der Waals surface area contributed by atoms with Crippen molar-refractivity contribution in [2.75, 3.05) is 13.2 Å². The van der Waals surface area contributed by atoms with Gasteiger partial charge in [0.1, 0.15) is 17.7 Å². The molecule has 2 aliphatic rings. The molecule has 2 heterocycles. The van der Waals surface area contributed by atoms with E-state index in [1.54, 1.807) is 6.07 Å². The van der Waals surface area contributed by atoms with Gasteiger partial charge >= 0.3 is 0 Å². The molecular weight excluding hydrogens is 321 g/mol. The molecule has 1 saturated heterocycles. The predicted octanol–water partition coefficient (Wildman–Crippen LogP) is 2.95. The van der Waals surface area contributed by atoms with Gasteiger partial charge in [-0.2, -0.15) is 0 Å². The minimum absolute atomic E-state index is 0.0456. The maximum Gasteiger partial charge on any atom is 0.231 e. The van der Waals surface area contributed by atoms with Crippen LogP contribution in [-0.4, -0.2) is 25.2 Å². The molecule has 2 atom stereocenters. The molecule has 2 unspecified atom stereocenters. The summed E-state index contributed by atoms with van der Waals surface area (Å²) in [5, 5.41) is 2.89. The lowest BCUT2D eigenvalue weighted by atomic mass is 9.72. The lowest BCUT2D eigenvalue weighted by Crippen LogP contribution is -2.45. The first kappa shape index (κ1) is 16.1. The summed E-state index contributed by atoms with van der Waals surface area (Å²) in [5.74, 6) is 0.189. The molecule has 0 radical (unpaired) electrons. The number of halogens is 1. The summed E-state index contributed by atoms with van der Waals surface area (Å²) in [6.45, 7) is 1.49. The van der Waals surface area contributed by atoms with Crippen LogP contribution in [0.2, 0.25) is 0 Å². The van der Waals surface area contributed by atoms with Crippen LogP contribution in [0.3, 0.4) is 0 Å². The van der Waals surface area contributed by atoms with Crippen LogP contribution in [0, 0.1) is 5.82 Å². The molecule has 1 amide bonds. The van der Waals surface area contributed by atoms with Crippen molar-refractivity contribution in [1.29, 1.82) is 0 Å². The van der Waals surface area contributed by atoms with E-state index in [4.69, 9.17) is 9.47 Å². The van der Waals surface area contributed by atoms with E-state index in [1.807, 2.05) is 30.3 Å². The molecule has 1 spiro atoms. The van der Waals surface area contributed by atoms with Gasteiger partial charge in [0.15, 0.2) is 0 Å². The van der Waals surface area contributed by atoms with Crippen molar-refractivity contribution in [3.8, 4) is 5.75 Å². The second-order valence-electron chi connectivity index (χ2n) is 6.67. The Hall–Kier alpha value is -2.40. The summed E-state index contributed by atoms with van der Waals surface area (Å²) >= 11 is 0. The van der Waals surface area contributed by atoms with Crippen molar-refractivity contribution in [1.82, 2.24) is 5.32 Å². The lowest BCUT2D eigenvalue weighted by Gasteiger charge is -2.37. The molecule has 0 aliphatic carbocycles. The second kappa shape index (κ2) is 6.48. The zero-order valence-corrected chi connectivity index (χ0v) is 13.8. The Morgan fingerprint density at radius 3 is 2.84 bits per heavy atom. The topological polar surface area (TPSA) is 47.6 Å². The van der Waals surface area contributed by atoms with Crippen molar-refractivity contribution in [2.45, 2.75) is 31.0 Å². The van der Waals surface area contributed by atoms with E-state index < -0.39 is 5.41 Å². The Labute approximate surface area is 146 Å². The third-order valence-corrected chi connectivity index (χ3v) is 5.01. The Kier molecular flexibility index (Phi) is 4.17. The highest BCUT2D eigenvalue weighted by Crippen LogP contribution is 2.45. The SMILES string of the molecule is O=C1NCCC12CC(COCc1ccccc1)Oc1ccc(F)cc12. The molecule has 25 heavy (non-hydrogen) atoms. The molecule has 4 rings (SSSR count). The molecule has 0 saturated carbocycles. The molecule has 2 aromatic rings. The van der Waals surface area contributed by atoms with Gasteiger partial charge in [0.25, 0.3) is 0 Å². The Balaban J connectivity index is 1.52. The fourth-order valence-electron chi connectivity index (χ4n) is 3.80. The summed E-state index contributed by atoms with van der Waals surface area (Å²) in [5.41, 5.74) is 1.03. The van der Waals surface area contributed by atoms with Crippen LogP contribution in [0.4, 0.5) is 4.39 Å². The monoisotopic (exact) mass is 341 g/mol. The van der Waals surface area contributed by atoms with E-state index in [0.717, 1.165) is 5.56 Å². The Morgan fingerprint density at radius 2 is 2.08 bits per heavy atom. The molecule has 4 nitrogen and oxygen atoms in total. The number of rotatable bonds is 4. The normalized spacial score (nSPS) is 24.7. The molecular formula is C20H20FNO3. The Morgan fingerprint density at radius 1 is 1.24 bits per heavy atom. The number of benzene rings is 2. The number of ether oxygens (including phenoxy) is 2. The third-order valence-electron chi connectivity index (χ3n) is 5.01. The quantitative estimate of drug-likeness (QED) is 0.930. The van der Waals surface area contributed by atoms with Crippen LogP contribution in [0.5, 0.6) is 5.75 Å². The van der Waals surface area contributed by atoms with Crippen LogP contribution in [0.15, 0.2) is 48.5 Å².